The van der Waals surface area contributed by atoms with Crippen LogP contribution >= 0.6 is 0 Å². The van der Waals surface area contributed by atoms with Gasteiger partial charge < -0.3 is 14.2 Å². The van der Waals surface area contributed by atoms with Crippen LogP contribution < -0.4 is 0 Å². The average molecular weight is 1140 g/mol. The van der Waals surface area contributed by atoms with Gasteiger partial charge in [-0.1, -0.05) is 323 Å². The Balaban J connectivity index is 4.05. The molecule has 0 fully saturated rings. The highest BCUT2D eigenvalue weighted by atomic mass is 16.6. The molecule has 0 saturated heterocycles. The third-order valence-electron chi connectivity index (χ3n) is 15.3. The molecule has 0 aromatic heterocycles. The molecule has 0 heterocycles. The van der Waals surface area contributed by atoms with Gasteiger partial charge >= 0.3 is 17.9 Å². The first kappa shape index (κ1) is 78.3. The minimum atomic E-state index is -0.777. The summed E-state index contributed by atoms with van der Waals surface area (Å²) in [6.07, 6.45) is 94.7. The summed E-state index contributed by atoms with van der Waals surface area (Å²) in [5.74, 6) is -0.879. The number of ether oxygens (including phenoxy) is 3. The van der Waals surface area contributed by atoms with Crippen molar-refractivity contribution in [3.05, 3.63) is 97.2 Å². The van der Waals surface area contributed by atoms with Crippen LogP contribution in [0.2, 0.25) is 0 Å². The van der Waals surface area contributed by atoms with Gasteiger partial charge in [0.15, 0.2) is 6.10 Å². The third-order valence-corrected chi connectivity index (χ3v) is 15.3. The standard InChI is InChI=1S/C76H132O6/c1-4-7-10-13-16-18-20-22-24-26-28-30-32-34-36-37-38-39-41-42-44-46-48-50-52-54-56-58-60-63-66-69-75(78)81-72-73(71-80-74(77)68-65-62-15-12-9-6-3)82-76(79)70-67-64-61-59-57-55-53-51-49-47-45-43-40-35-33-31-29-27-25-23-21-19-17-14-11-8-5-2/h7,10,16,18,22,24,27-30,34,36,38-39,42,44,73H,4-6,8-9,11-15,17,19-21,23,25-26,31-33,35,37,40-41,43,45-72H2,1-3H3/b10-7-,18-16-,24-22-,29-27-,30-28-,36-34-,39-38-,44-42-. The van der Waals surface area contributed by atoms with E-state index in [1.807, 2.05) is 0 Å². The van der Waals surface area contributed by atoms with Crippen LogP contribution in [0, 0.1) is 0 Å². The van der Waals surface area contributed by atoms with Crippen molar-refractivity contribution in [2.75, 3.05) is 13.2 Å². The van der Waals surface area contributed by atoms with E-state index >= 15 is 0 Å². The van der Waals surface area contributed by atoms with Gasteiger partial charge in [0.1, 0.15) is 13.2 Å². The second kappa shape index (κ2) is 69.8. The first-order chi connectivity index (χ1) is 40.5. The molecular formula is C76H132O6. The molecule has 0 aliphatic carbocycles. The van der Waals surface area contributed by atoms with Gasteiger partial charge in [-0.15, -0.1) is 0 Å². The van der Waals surface area contributed by atoms with Gasteiger partial charge in [-0.2, -0.15) is 0 Å². The lowest BCUT2D eigenvalue weighted by atomic mass is 10.0. The molecule has 82 heavy (non-hydrogen) atoms. The molecule has 0 spiro atoms. The lowest BCUT2D eigenvalue weighted by molar-refractivity contribution is -0.167. The van der Waals surface area contributed by atoms with E-state index < -0.39 is 6.10 Å². The summed E-state index contributed by atoms with van der Waals surface area (Å²) in [6, 6.07) is 0. The summed E-state index contributed by atoms with van der Waals surface area (Å²) < 4.78 is 16.9. The predicted molar refractivity (Wildman–Crippen MR) is 357 cm³/mol. The Hall–Kier alpha value is -3.67. The monoisotopic (exact) mass is 1140 g/mol. The number of hydrogen-bond donors (Lipinski definition) is 0. The van der Waals surface area contributed by atoms with Gasteiger partial charge in [-0.3, -0.25) is 14.4 Å². The Morgan fingerprint density at radius 2 is 0.476 bits per heavy atom. The molecule has 0 aromatic rings. The van der Waals surface area contributed by atoms with Crippen LogP contribution in [0.15, 0.2) is 97.2 Å². The summed E-state index contributed by atoms with van der Waals surface area (Å²) in [5, 5.41) is 0. The fourth-order valence-corrected chi connectivity index (χ4v) is 10.1. The highest BCUT2D eigenvalue weighted by Gasteiger charge is 2.19. The van der Waals surface area contributed by atoms with Crippen LogP contribution in [0.3, 0.4) is 0 Å². The van der Waals surface area contributed by atoms with Crippen LogP contribution in [0.4, 0.5) is 0 Å². The van der Waals surface area contributed by atoms with Gasteiger partial charge in [0.25, 0.3) is 0 Å². The maximum Gasteiger partial charge on any atom is 0.306 e. The second-order valence-corrected chi connectivity index (χ2v) is 23.4. The molecule has 0 radical (unpaired) electrons. The Morgan fingerprint density at radius 3 is 0.756 bits per heavy atom. The number of rotatable bonds is 64. The number of unbranched alkanes of at least 4 members (excludes halogenated alkanes) is 37. The van der Waals surface area contributed by atoms with E-state index in [1.165, 1.54) is 199 Å². The molecule has 0 aliphatic heterocycles. The van der Waals surface area contributed by atoms with E-state index in [9.17, 15) is 14.4 Å². The molecule has 0 aromatic carbocycles. The van der Waals surface area contributed by atoms with Crippen molar-refractivity contribution in [3.63, 3.8) is 0 Å². The SMILES string of the molecule is CC/C=C\C/C=C\C/C=C\C/C=C\C/C=C\C/C=C\C/C=C\CCCCCCCCCCCC(=O)OCC(COC(=O)CCCCCCCC)OC(=O)CCCCCCCCCCCCCCCCC/C=C\CCCCCCCCCC. The molecule has 0 amide bonds. The van der Waals surface area contributed by atoms with Crippen LogP contribution in [0.1, 0.15) is 348 Å². The number of carbonyl (C=O) groups excluding carboxylic acids is 3. The molecule has 0 bridgehead atoms. The lowest BCUT2D eigenvalue weighted by Gasteiger charge is -2.18. The molecule has 6 nitrogen and oxygen atoms in total. The molecule has 6 heteroatoms. The maximum absolute atomic E-state index is 12.9. The Labute approximate surface area is 508 Å². The summed E-state index contributed by atoms with van der Waals surface area (Å²) in [6.45, 7) is 6.50. The second-order valence-electron chi connectivity index (χ2n) is 23.4. The molecule has 0 aliphatic rings. The quantitative estimate of drug-likeness (QED) is 0.0261. The topological polar surface area (TPSA) is 78.9 Å². The minimum Gasteiger partial charge on any atom is -0.462 e. The molecule has 472 valence electrons. The third kappa shape index (κ3) is 67.1. The van der Waals surface area contributed by atoms with Gasteiger partial charge in [0, 0.05) is 19.3 Å². The van der Waals surface area contributed by atoms with Crippen LogP contribution in [-0.2, 0) is 28.6 Å². The Bertz CT molecular complexity index is 1590. The van der Waals surface area contributed by atoms with Crippen LogP contribution in [0.5, 0.6) is 0 Å². The normalized spacial score (nSPS) is 12.7. The maximum atomic E-state index is 12.9. The van der Waals surface area contributed by atoms with Gasteiger partial charge in [-0.25, -0.2) is 0 Å². The summed E-state index contributed by atoms with van der Waals surface area (Å²) in [7, 11) is 0. The summed E-state index contributed by atoms with van der Waals surface area (Å²) >= 11 is 0. The van der Waals surface area contributed by atoms with Crippen LogP contribution in [0.25, 0.3) is 0 Å². The highest BCUT2D eigenvalue weighted by molar-refractivity contribution is 5.71. The molecule has 0 N–H and O–H groups in total. The predicted octanol–water partition coefficient (Wildman–Crippen LogP) is 24.4. The zero-order valence-electron chi connectivity index (χ0n) is 54.2. The van der Waals surface area contributed by atoms with Crippen molar-refractivity contribution in [2.24, 2.45) is 0 Å². The van der Waals surface area contributed by atoms with E-state index in [4.69, 9.17) is 14.2 Å². The van der Waals surface area contributed by atoms with Crippen molar-refractivity contribution < 1.29 is 28.6 Å². The number of carbonyl (C=O) groups is 3. The van der Waals surface area contributed by atoms with Gasteiger partial charge in [0.2, 0.25) is 0 Å². The Morgan fingerprint density at radius 1 is 0.256 bits per heavy atom. The van der Waals surface area contributed by atoms with E-state index in [0.29, 0.717) is 19.3 Å². The Kier molecular flexibility index (Phi) is 66.7. The fourth-order valence-electron chi connectivity index (χ4n) is 10.1. The summed E-state index contributed by atoms with van der Waals surface area (Å²) in [4.78, 5) is 38.1. The largest absolute Gasteiger partial charge is 0.462 e. The molecular weight excluding hydrogens is 1010 g/mol. The fraction of sp³-hybridized carbons (Fsp3) is 0.750. The number of esters is 3. The zero-order valence-corrected chi connectivity index (χ0v) is 54.2. The number of hydrogen-bond acceptors (Lipinski definition) is 6. The lowest BCUT2D eigenvalue weighted by Crippen LogP contribution is -2.30. The van der Waals surface area contributed by atoms with E-state index in [2.05, 4.69) is 118 Å². The molecule has 0 rings (SSSR count). The van der Waals surface area contributed by atoms with Crippen molar-refractivity contribution in [1.82, 2.24) is 0 Å². The van der Waals surface area contributed by atoms with E-state index in [1.54, 1.807) is 0 Å². The summed E-state index contributed by atoms with van der Waals surface area (Å²) in [5.41, 5.74) is 0. The van der Waals surface area contributed by atoms with Crippen molar-refractivity contribution in [1.29, 1.82) is 0 Å². The highest BCUT2D eigenvalue weighted by Crippen LogP contribution is 2.17. The zero-order chi connectivity index (χ0) is 59.2. The molecule has 0 saturated carbocycles. The first-order valence-electron chi connectivity index (χ1n) is 35.2. The van der Waals surface area contributed by atoms with Crippen LogP contribution in [-0.4, -0.2) is 37.2 Å². The van der Waals surface area contributed by atoms with Crippen molar-refractivity contribution in [2.45, 2.75) is 354 Å². The minimum absolute atomic E-state index is 0.0764. The average Bonchev–Trinajstić information content (AvgIpc) is 3.47. The van der Waals surface area contributed by atoms with E-state index in [0.717, 1.165) is 109 Å². The smallest absolute Gasteiger partial charge is 0.306 e. The van der Waals surface area contributed by atoms with E-state index in [-0.39, 0.29) is 31.1 Å². The van der Waals surface area contributed by atoms with Crippen molar-refractivity contribution >= 4 is 17.9 Å². The molecule has 1 atom stereocenters. The number of allylic oxidation sites excluding steroid dienone is 16. The van der Waals surface area contributed by atoms with Crippen molar-refractivity contribution in [3.8, 4) is 0 Å². The first-order valence-corrected chi connectivity index (χ1v) is 35.2. The van der Waals surface area contributed by atoms with Gasteiger partial charge in [-0.05, 0) is 103 Å². The van der Waals surface area contributed by atoms with Gasteiger partial charge in [0.05, 0.1) is 0 Å². The molecule has 1 unspecified atom stereocenters.